The van der Waals surface area contributed by atoms with Gasteiger partial charge >= 0.3 is 5.69 Å². The van der Waals surface area contributed by atoms with E-state index in [9.17, 15) is 19.7 Å². The van der Waals surface area contributed by atoms with Crippen LogP contribution >= 0.6 is 0 Å². The molecule has 0 radical (unpaired) electrons. The quantitative estimate of drug-likeness (QED) is 0.477. The standard InChI is InChI=1S/C17H16N2O5/c1-11(20)12-7-8-16(15(10-12)19(22)23)24-14-6-4-5-13(9-14)17(21)18(2)3/h4-10H,1-3H3. The first kappa shape index (κ1) is 17.1. The molecule has 0 aliphatic heterocycles. The Morgan fingerprint density at radius 3 is 2.38 bits per heavy atom. The Hall–Kier alpha value is -3.22. The van der Waals surface area contributed by atoms with Gasteiger partial charge < -0.3 is 9.64 Å². The lowest BCUT2D eigenvalue weighted by Crippen LogP contribution is -2.21. The van der Waals surface area contributed by atoms with E-state index >= 15 is 0 Å². The molecule has 2 aromatic carbocycles. The average Bonchev–Trinajstić information content (AvgIpc) is 2.54. The molecule has 0 bridgehead atoms. The van der Waals surface area contributed by atoms with Crippen LogP contribution in [0, 0.1) is 10.1 Å². The third-order valence-electron chi connectivity index (χ3n) is 3.28. The van der Waals surface area contributed by atoms with E-state index in [1.165, 1.54) is 36.1 Å². The number of Topliss-reactive ketones (excluding diaryl/α,β-unsaturated/α-hetero) is 1. The predicted molar refractivity (Wildman–Crippen MR) is 87.6 cm³/mol. The van der Waals surface area contributed by atoms with Crippen LogP contribution in [-0.2, 0) is 0 Å². The van der Waals surface area contributed by atoms with Gasteiger partial charge in [0.25, 0.3) is 5.91 Å². The summed E-state index contributed by atoms with van der Waals surface area (Å²) in [6, 6.07) is 10.4. The molecule has 24 heavy (non-hydrogen) atoms. The van der Waals surface area contributed by atoms with Crippen molar-refractivity contribution in [1.82, 2.24) is 4.90 Å². The monoisotopic (exact) mass is 328 g/mol. The summed E-state index contributed by atoms with van der Waals surface area (Å²) in [5, 5.41) is 11.2. The second-order valence-corrected chi connectivity index (χ2v) is 5.33. The van der Waals surface area contributed by atoms with E-state index in [4.69, 9.17) is 4.74 Å². The highest BCUT2D eigenvalue weighted by atomic mass is 16.6. The van der Waals surface area contributed by atoms with Crippen LogP contribution in [0.25, 0.3) is 0 Å². The second-order valence-electron chi connectivity index (χ2n) is 5.33. The number of rotatable bonds is 5. The Morgan fingerprint density at radius 1 is 1.08 bits per heavy atom. The van der Waals surface area contributed by atoms with Crippen LogP contribution in [0.1, 0.15) is 27.6 Å². The maximum Gasteiger partial charge on any atom is 0.312 e. The van der Waals surface area contributed by atoms with E-state index < -0.39 is 4.92 Å². The molecule has 0 aliphatic rings. The molecular formula is C17H16N2O5. The Balaban J connectivity index is 2.38. The second kappa shape index (κ2) is 6.91. The first-order valence-electron chi connectivity index (χ1n) is 7.08. The topological polar surface area (TPSA) is 89.8 Å². The largest absolute Gasteiger partial charge is 0.450 e. The smallest absolute Gasteiger partial charge is 0.312 e. The molecule has 0 atom stereocenters. The van der Waals surface area contributed by atoms with Crippen molar-refractivity contribution in [3.63, 3.8) is 0 Å². The van der Waals surface area contributed by atoms with Crippen LogP contribution in [0.2, 0.25) is 0 Å². The van der Waals surface area contributed by atoms with Gasteiger partial charge in [0, 0.05) is 31.3 Å². The number of nitro benzene ring substituents is 1. The first-order chi connectivity index (χ1) is 11.3. The Kier molecular flexibility index (Phi) is 4.93. The first-order valence-corrected chi connectivity index (χ1v) is 7.08. The summed E-state index contributed by atoms with van der Waals surface area (Å²) in [4.78, 5) is 35.3. The van der Waals surface area contributed by atoms with Crippen molar-refractivity contribution >= 4 is 17.4 Å². The number of hydrogen-bond acceptors (Lipinski definition) is 5. The molecule has 2 aromatic rings. The maximum absolute atomic E-state index is 12.0. The minimum absolute atomic E-state index is 0.000507. The molecule has 0 N–H and O–H groups in total. The lowest BCUT2D eigenvalue weighted by molar-refractivity contribution is -0.385. The van der Waals surface area contributed by atoms with Crippen LogP contribution in [0.3, 0.4) is 0 Å². The van der Waals surface area contributed by atoms with Gasteiger partial charge in [0.15, 0.2) is 5.78 Å². The van der Waals surface area contributed by atoms with Gasteiger partial charge in [-0.05, 0) is 37.3 Å². The minimum atomic E-state index is -0.614. The van der Waals surface area contributed by atoms with Crippen LogP contribution < -0.4 is 4.74 Å². The van der Waals surface area contributed by atoms with E-state index in [0.29, 0.717) is 11.3 Å². The molecule has 0 unspecified atom stereocenters. The number of benzene rings is 2. The van der Waals surface area contributed by atoms with Crippen molar-refractivity contribution in [2.45, 2.75) is 6.92 Å². The fourth-order valence-corrected chi connectivity index (χ4v) is 2.04. The zero-order valence-electron chi connectivity index (χ0n) is 13.5. The highest BCUT2D eigenvalue weighted by molar-refractivity contribution is 5.95. The summed E-state index contributed by atoms with van der Waals surface area (Å²) < 4.78 is 5.55. The average molecular weight is 328 g/mol. The number of hydrogen-bond donors (Lipinski definition) is 0. The van der Waals surface area contributed by atoms with Crippen molar-refractivity contribution in [2.24, 2.45) is 0 Å². The zero-order valence-corrected chi connectivity index (χ0v) is 13.5. The summed E-state index contributed by atoms with van der Waals surface area (Å²) >= 11 is 0. The van der Waals surface area contributed by atoms with E-state index in [2.05, 4.69) is 0 Å². The number of ketones is 1. The van der Waals surface area contributed by atoms with Crippen LogP contribution in [0.5, 0.6) is 11.5 Å². The number of carbonyl (C=O) groups excluding carboxylic acids is 2. The van der Waals surface area contributed by atoms with Gasteiger partial charge in [-0.2, -0.15) is 0 Å². The maximum atomic E-state index is 12.0. The molecule has 0 aliphatic carbocycles. The van der Waals surface area contributed by atoms with Gasteiger partial charge in [0.1, 0.15) is 5.75 Å². The van der Waals surface area contributed by atoms with Gasteiger partial charge in [0.2, 0.25) is 5.75 Å². The highest BCUT2D eigenvalue weighted by Crippen LogP contribution is 2.32. The molecule has 0 heterocycles. The molecule has 2 rings (SSSR count). The SMILES string of the molecule is CC(=O)c1ccc(Oc2cccc(C(=O)N(C)C)c2)c([N+](=O)[O-])c1. The molecular weight excluding hydrogens is 312 g/mol. The van der Waals surface area contributed by atoms with E-state index in [1.54, 1.807) is 32.3 Å². The molecule has 0 aromatic heterocycles. The van der Waals surface area contributed by atoms with Crippen molar-refractivity contribution < 1.29 is 19.2 Å². The normalized spacial score (nSPS) is 10.1. The fourth-order valence-electron chi connectivity index (χ4n) is 2.04. The zero-order chi connectivity index (χ0) is 17.9. The number of nitrogens with zero attached hydrogens (tertiary/aromatic N) is 2. The third kappa shape index (κ3) is 3.75. The lowest BCUT2D eigenvalue weighted by Gasteiger charge is -2.12. The number of nitro groups is 1. The number of carbonyl (C=O) groups is 2. The van der Waals surface area contributed by atoms with Crippen LogP contribution in [-0.4, -0.2) is 35.6 Å². The van der Waals surface area contributed by atoms with E-state index in [0.717, 1.165) is 0 Å². The molecule has 7 heteroatoms. The van der Waals surface area contributed by atoms with Crippen molar-refractivity contribution in [3.05, 3.63) is 63.7 Å². The Morgan fingerprint density at radius 2 is 1.79 bits per heavy atom. The van der Waals surface area contributed by atoms with Crippen molar-refractivity contribution in [2.75, 3.05) is 14.1 Å². The lowest BCUT2D eigenvalue weighted by atomic mass is 10.1. The Bertz CT molecular complexity index is 814. The van der Waals surface area contributed by atoms with Gasteiger partial charge in [-0.25, -0.2) is 0 Å². The van der Waals surface area contributed by atoms with Gasteiger partial charge in [-0.3, -0.25) is 19.7 Å². The Labute approximate surface area is 138 Å². The summed E-state index contributed by atoms with van der Waals surface area (Å²) in [7, 11) is 3.25. The van der Waals surface area contributed by atoms with Crippen molar-refractivity contribution in [3.8, 4) is 11.5 Å². The van der Waals surface area contributed by atoms with Gasteiger partial charge in [-0.15, -0.1) is 0 Å². The fraction of sp³-hybridized carbons (Fsp3) is 0.176. The molecule has 0 fully saturated rings. The summed E-state index contributed by atoms with van der Waals surface area (Å²) in [5.74, 6) is -0.189. The van der Waals surface area contributed by atoms with E-state index in [-0.39, 0.29) is 28.7 Å². The van der Waals surface area contributed by atoms with E-state index in [1.807, 2.05) is 0 Å². The third-order valence-corrected chi connectivity index (χ3v) is 3.28. The molecule has 124 valence electrons. The molecule has 0 saturated heterocycles. The van der Waals surface area contributed by atoms with Gasteiger partial charge in [0.05, 0.1) is 4.92 Å². The van der Waals surface area contributed by atoms with Crippen LogP contribution in [0.15, 0.2) is 42.5 Å². The predicted octanol–water partition coefficient (Wildman–Crippen LogP) is 3.29. The van der Waals surface area contributed by atoms with Gasteiger partial charge in [-0.1, -0.05) is 6.07 Å². The molecule has 0 spiro atoms. The highest BCUT2D eigenvalue weighted by Gasteiger charge is 2.18. The summed E-state index contributed by atoms with van der Waals surface area (Å²) in [6.07, 6.45) is 0. The van der Waals surface area contributed by atoms with Crippen molar-refractivity contribution in [1.29, 1.82) is 0 Å². The summed E-state index contributed by atoms with van der Waals surface area (Å²) in [6.45, 7) is 1.33. The summed E-state index contributed by atoms with van der Waals surface area (Å²) in [5.41, 5.74) is 0.318. The number of ether oxygens (including phenoxy) is 1. The molecule has 0 saturated carbocycles. The molecule has 1 amide bonds. The number of amides is 1. The molecule has 7 nitrogen and oxygen atoms in total. The van der Waals surface area contributed by atoms with Crippen LogP contribution in [0.4, 0.5) is 5.69 Å². The minimum Gasteiger partial charge on any atom is -0.450 e.